The molecule has 0 aliphatic carbocycles. The van der Waals surface area contributed by atoms with Crippen molar-refractivity contribution in [2.75, 3.05) is 0 Å². The van der Waals surface area contributed by atoms with E-state index in [4.69, 9.17) is 0 Å². The Kier molecular flexibility index (Phi) is 57.8. The average molecular weight is 666 g/mol. The first-order chi connectivity index (χ1) is 15.1. The van der Waals surface area contributed by atoms with E-state index in [1.807, 2.05) is 27.7 Å². The summed E-state index contributed by atoms with van der Waals surface area (Å²) >= 11 is 0. The van der Waals surface area contributed by atoms with Crippen LogP contribution >= 0.6 is 0 Å². The summed E-state index contributed by atoms with van der Waals surface area (Å²) in [4.78, 5) is 39.1. The Morgan fingerprint density at radius 3 is 0.618 bits per heavy atom. The normalized spacial score (nSPS) is 8.59. The van der Waals surface area contributed by atoms with Crippen molar-refractivity contribution in [1.29, 1.82) is 0 Å². The Bertz CT molecular complexity index is 367. The maximum Gasteiger partial charge on any atom is 2.00 e. The van der Waals surface area contributed by atoms with E-state index >= 15 is 0 Å². The molecule has 10 heteroatoms. The van der Waals surface area contributed by atoms with Gasteiger partial charge >= 0.3 is 39.0 Å². The minimum atomic E-state index is -0.932. The molecule has 0 aromatic carbocycles. The number of carboxylic acids is 4. The fraction of sp³-hybridized carbons (Fsp3) is 0.833. The first-order valence-corrected chi connectivity index (χ1v) is 11.9. The zero-order chi connectivity index (χ0) is 25.6. The molecule has 0 aliphatic rings. The summed E-state index contributed by atoms with van der Waals surface area (Å²) in [6.07, 6.45) is 12.1. The Labute approximate surface area is 232 Å². The molecule has 0 aromatic rings. The van der Waals surface area contributed by atoms with Gasteiger partial charge in [-0.3, -0.25) is 0 Å². The monoisotopic (exact) mass is 666 g/mol. The van der Waals surface area contributed by atoms with Crippen molar-refractivity contribution in [3.8, 4) is 0 Å². The van der Waals surface area contributed by atoms with Crippen LogP contribution < -0.4 is 20.4 Å². The summed E-state index contributed by atoms with van der Waals surface area (Å²) in [6.45, 7) is 8.15. The number of carbonyl (C=O) groups excluding carboxylic acids is 4. The van der Waals surface area contributed by atoms with Crippen molar-refractivity contribution in [2.45, 2.75) is 130 Å². The zero-order valence-corrected chi connectivity index (χ0v) is 24.5. The molecule has 2 radical (unpaired) electrons. The van der Waals surface area contributed by atoms with Gasteiger partial charge in [0, 0.05) is 23.9 Å². The molecule has 34 heavy (non-hydrogen) atoms. The molecule has 206 valence electrons. The second kappa shape index (κ2) is 42.3. The summed E-state index contributed by atoms with van der Waals surface area (Å²) in [5.41, 5.74) is 0. The van der Waals surface area contributed by atoms with Crippen LogP contribution in [0.15, 0.2) is 0 Å². The van der Waals surface area contributed by atoms with Gasteiger partial charge in [0.1, 0.15) is 0 Å². The van der Waals surface area contributed by atoms with Crippen LogP contribution in [0.3, 0.4) is 0 Å². The number of unbranched alkanes of at least 4 members (excludes halogenated alkanes) is 8. The fourth-order valence-corrected chi connectivity index (χ4v) is 2.08. The summed E-state index contributed by atoms with van der Waals surface area (Å²) in [7, 11) is 0. The molecule has 0 bridgehead atoms. The maximum atomic E-state index is 9.76. The van der Waals surface area contributed by atoms with Gasteiger partial charge < -0.3 is 39.6 Å². The van der Waals surface area contributed by atoms with Crippen LogP contribution in [0.1, 0.15) is 130 Å². The van der Waals surface area contributed by atoms with Crippen LogP contribution in [0.25, 0.3) is 0 Å². The van der Waals surface area contributed by atoms with Gasteiger partial charge in [0.25, 0.3) is 0 Å². The quantitative estimate of drug-likeness (QED) is 0.176. The molecule has 0 aliphatic heterocycles. The third-order valence-electron chi connectivity index (χ3n) is 3.94. The van der Waals surface area contributed by atoms with E-state index in [0.717, 1.165) is 77.0 Å². The van der Waals surface area contributed by atoms with Crippen molar-refractivity contribution < 1.29 is 78.6 Å². The Balaban J connectivity index is -0.0000000754. The largest absolute Gasteiger partial charge is 2.00 e. The van der Waals surface area contributed by atoms with Crippen LogP contribution in [0.4, 0.5) is 0 Å². The fourth-order valence-electron chi connectivity index (χ4n) is 2.08. The molecule has 0 unspecified atom stereocenters. The third kappa shape index (κ3) is 77.2. The van der Waals surface area contributed by atoms with E-state index in [1.165, 1.54) is 0 Å². The van der Waals surface area contributed by atoms with Gasteiger partial charge in [-0.1, -0.05) is 79.1 Å². The number of carboxylic acid groups (broad SMARTS) is 4. The van der Waals surface area contributed by atoms with E-state index in [2.05, 4.69) is 0 Å². The van der Waals surface area contributed by atoms with Gasteiger partial charge in [0.2, 0.25) is 0 Å². The van der Waals surface area contributed by atoms with E-state index in [0.29, 0.717) is 0 Å². The number of aliphatic carboxylic acids is 4. The average Bonchev–Trinajstić information content (AvgIpc) is 2.69. The Hall–Kier alpha value is -0.873. The van der Waals surface area contributed by atoms with E-state index < -0.39 is 23.9 Å². The molecule has 0 amide bonds. The minimum absolute atomic E-state index is 0. The van der Waals surface area contributed by atoms with Gasteiger partial charge in [0.15, 0.2) is 0 Å². The zero-order valence-electron chi connectivity index (χ0n) is 21.2. The van der Waals surface area contributed by atoms with Crippen LogP contribution in [0.5, 0.6) is 0 Å². The molecule has 0 spiro atoms. The van der Waals surface area contributed by atoms with E-state index in [-0.39, 0.29) is 64.6 Å². The second-order valence-corrected chi connectivity index (χ2v) is 7.32. The van der Waals surface area contributed by atoms with Crippen molar-refractivity contribution in [2.24, 2.45) is 0 Å². The first kappa shape index (κ1) is 46.5. The summed E-state index contributed by atoms with van der Waals surface area (Å²) in [5.74, 6) is -3.73. The van der Waals surface area contributed by atoms with Crippen LogP contribution in [-0.4, -0.2) is 23.9 Å². The summed E-state index contributed by atoms with van der Waals surface area (Å²) < 4.78 is 0. The van der Waals surface area contributed by atoms with Crippen LogP contribution in [0.2, 0.25) is 0 Å². The second-order valence-electron chi connectivity index (χ2n) is 7.32. The molecule has 0 atom stereocenters. The number of carbonyl (C=O) groups is 4. The van der Waals surface area contributed by atoms with Gasteiger partial charge in [-0.25, -0.2) is 0 Å². The van der Waals surface area contributed by atoms with Gasteiger partial charge in [0.05, 0.1) is 0 Å². The molecule has 0 heterocycles. The molecule has 0 aromatic heterocycles. The number of hydrogen-bond acceptors (Lipinski definition) is 8. The molecule has 0 saturated heterocycles. The Morgan fingerprint density at radius 2 is 0.529 bits per heavy atom. The Morgan fingerprint density at radius 1 is 0.382 bits per heavy atom. The molecule has 0 saturated carbocycles. The summed E-state index contributed by atoms with van der Waals surface area (Å²) in [5, 5.41) is 39.1. The predicted octanol–water partition coefficient (Wildman–Crippen LogP) is 1.26. The van der Waals surface area contributed by atoms with Gasteiger partial charge in [-0.05, 0) is 51.4 Å². The van der Waals surface area contributed by atoms with Crippen LogP contribution in [-0.2, 0) is 58.1 Å². The maximum absolute atomic E-state index is 9.76. The SMILES string of the molecule is CCCCCC(=O)[O-].CCCCCC(=O)[O-].CCCCCC(=O)[O-].CCCCCC(=O)[O-].[Rh+2].[Rh+2]. The molecular weight excluding hydrogens is 622 g/mol. The molecular formula is C24H44O8Rh2. The first-order valence-electron chi connectivity index (χ1n) is 11.9. The third-order valence-corrected chi connectivity index (χ3v) is 3.94. The van der Waals surface area contributed by atoms with Crippen molar-refractivity contribution in [3.05, 3.63) is 0 Å². The number of rotatable bonds is 16. The minimum Gasteiger partial charge on any atom is -0.550 e. The smallest absolute Gasteiger partial charge is 0.550 e. The number of hydrogen-bond donors (Lipinski definition) is 0. The topological polar surface area (TPSA) is 161 Å². The van der Waals surface area contributed by atoms with Crippen molar-refractivity contribution in [1.82, 2.24) is 0 Å². The van der Waals surface area contributed by atoms with Crippen LogP contribution in [0, 0.1) is 0 Å². The molecule has 0 rings (SSSR count). The van der Waals surface area contributed by atoms with Gasteiger partial charge in [-0.2, -0.15) is 0 Å². The van der Waals surface area contributed by atoms with Crippen molar-refractivity contribution in [3.63, 3.8) is 0 Å². The molecule has 0 fully saturated rings. The molecule has 0 N–H and O–H groups in total. The van der Waals surface area contributed by atoms with Gasteiger partial charge in [-0.15, -0.1) is 0 Å². The standard InChI is InChI=1S/4C6H12O2.2Rh/c4*1-2-3-4-5-6(7)8;;/h4*2-5H2,1H3,(H,7,8);;/q;;;;2*+2/p-4. The van der Waals surface area contributed by atoms with E-state index in [9.17, 15) is 39.6 Å². The predicted molar refractivity (Wildman–Crippen MR) is 117 cm³/mol. The molecule has 8 nitrogen and oxygen atoms in total. The van der Waals surface area contributed by atoms with E-state index in [1.54, 1.807) is 0 Å². The van der Waals surface area contributed by atoms with Crippen molar-refractivity contribution >= 4 is 23.9 Å². The summed E-state index contributed by atoms with van der Waals surface area (Å²) in [6, 6.07) is 0.